The van der Waals surface area contributed by atoms with Crippen LogP contribution in [0.4, 0.5) is 0 Å². The Morgan fingerprint density at radius 3 is 1.91 bits per heavy atom. The molecule has 11 aromatic rings. The summed E-state index contributed by atoms with van der Waals surface area (Å²) in [6.45, 7) is 20.0. The normalized spacial score (nSPS) is 12.5. The highest BCUT2D eigenvalue weighted by atomic mass is 16.3. The van der Waals surface area contributed by atoms with Gasteiger partial charge in [-0.15, -0.1) is 0 Å². The van der Waals surface area contributed by atoms with Crippen molar-refractivity contribution >= 4 is 43.7 Å². The molecular weight excluding hydrogens is 843 g/mol. The smallest absolute Gasteiger partial charge is 0.149 e. The van der Waals surface area contributed by atoms with Gasteiger partial charge in [0, 0.05) is 39.2 Å². The monoisotopic (exact) mass is 899 g/mol. The Bertz CT molecular complexity index is 3780. The second-order valence-electron chi connectivity index (χ2n) is 21.7. The Morgan fingerprint density at radius 1 is 0.493 bits per heavy atom. The van der Waals surface area contributed by atoms with Crippen LogP contribution in [0.5, 0.6) is 5.75 Å². The third kappa shape index (κ3) is 7.67. The number of phenolic OH excluding ortho intramolecular Hbond substituents is 1. The highest BCUT2D eigenvalue weighted by molar-refractivity contribution is 6.21. The molecule has 0 atom stereocenters. The lowest BCUT2D eigenvalue weighted by Crippen LogP contribution is -2.17. The number of para-hydroxylation sites is 1. The molecule has 0 unspecified atom stereocenters. The first-order chi connectivity index (χ1) is 33.0. The van der Waals surface area contributed by atoms with Gasteiger partial charge in [0.1, 0.15) is 22.7 Å². The van der Waals surface area contributed by atoms with E-state index >= 15 is 0 Å². The summed E-state index contributed by atoms with van der Waals surface area (Å²) >= 11 is 0. The predicted molar refractivity (Wildman–Crippen MR) is 289 cm³/mol. The van der Waals surface area contributed by atoms with Crippen LogP contribution in [-0.4, -0.2) is 19.6 Å². The Morgan fingerprint density at radius 2 is 1.19 bits per heavy atom. The summed E-state index contributed by atoms with van der Waals surface area (Å²) in [4.78, 5) is 10.8. The molecule has 0 aliphatic heterocycles. The van der Waals surface area contributed by atoms with Gasteiger partial charge in [0.15, 0.2) is 0 Å². The summed E-state index contributed by atoms with van der Waals surface area (Å²) in [6, 6.07) is 60.2. The van der Waals surface area contributed by atoms with E-state index in [0.717, 1.165) is 105 Å². The lowest BCUT2D eigenvalue weighted by atomic mass is 9.79. The Balaban J connectivity index is 1.26. The molecule has 0 radical (unpaired) electrons. The molecule has 11 rings (SSSR count). The lowest BCUT2D eigenvalue weighted by molar-refractivity contribution is 0.446. The molecule has 0 aliphatic rings. The van der Waals surface area contributed by atoms with Crippen LogP contribution in [0.2, 0.25) is 0 Å². The summed E-state index contributed by atoms with van der Waals surface area (Å²) in [6.07, 6.45) is 1.89. The number of aromatic nitrogens is 3. The van der Waals surface area contributed by atoms with Crippen LogP contribution in [0.15, 0.2) is 180 Å². The van der Waals surface area contributed by atoms with E-state index in [1.165, 1.54) is 5.56 Å². The molecule has 0 fully saturated rings. The van der Waals surface area contributed by atoms with E-state index in [9.17, 15) is 5.11 Å². The summed E-state index contributed by atoms with van der Waals surface area (Å²) in [5.74, 6) is 0.913. The molecule has 5 nitrogen and oxygen atoms in total. The minimum Gasteiger partial charge on any atom is -0.507 e. The SMILES string of the molecule is CC(C)(C)c1ccc(-n2c(-c3cc(C(C)(C)C)cc(C(C)(C)C)c3O)nc3c(-c4cc(-c5cc(-c6ccccc6)ccn5)c5oc6ccc7ccccc7c6c5c4)cccc32)c(-c2ccccc2)c1. The van der Waals surface area contributed by atoms with E-state index in [2.05, 4.69) is 231 Å². The molecule has 3 heterocycles. The van der Waals surface area contributed by atoms with E-state index < -0.39 is 0 Å². The first kappa shape index (κ1) is 43.8. The summed E-state index contributed by atoms with van der Waals surface area (Å²) in [5.41, 5.74) is 15.6. The quantitative estimate of drug-likeness (QED) is 0.181. The largest absolute Gasteiger partial charge is 0.507 e. The zero-order valence-corrected chi connectivity index (χ0v) is 40.9. The lowest BCUT2D eigenvalue weighted by Gasteiger charge is -2.28. The minimum atomic E-state index is -0.346. The molecular formula is C64H57N3O2. The zero-order chi connectivity index (χ0) is 48.0. The highest BCUT2D eigenvalue weighted by Crippen LogP contribution is 2.48. The van der Waals surface area contributed by atoms with Crippen molar-refractivity contribution in [3.05, 3.63) is 193 Å². The van der Waals surface area contributed by atoms with Crippen molar-refractivity contribution in [1.82, 2.24) is 14.5 Å². The fourth-order valence-corrected chi connectivity index (χ4v) is 10.00. The van der Waals surface area contributed by atoms with Gasteiger partial charge >= 0.3 is 0 Å². The van der Waals surface area contributed by atoms with Crippen molar-refractivity contribution in [2.75, 3.05) is 0 Å². The van der Waals surface area contributed by atoms with E-state index in [-0.39, 0.29) is 22.0 Å². The average Bonchev–Trinajstić information content (AvgIpc) is 3.92. The standard InChI is InChI=1S/C64H57N3O2/c1-62(2,3)44-28-29-54(48(36-44)40-21-14-11-15-22-40)67-55-26-18-25-47(58(55)66-61(67)51-37-45(63(4,5)6)38-52(59(51)68)64(7,8)9)43-33-49(53-35-42(31-32-65-53)39-19-12-10-13-20-39)60-50(34-43)57-46-24-17-16-23-41(46)27-30-56(57)69-60/h10-38,68H,1-9H3. The second kappa shape index (κ2) is 16.2. The Kier molecular flexibility index (Phi) is 10.3. The molecule has 0 saturated carbocycles. The molecule has 8 aromatic carbocycles. The van der Waals surface area contributed by atoms with Gasteiger partial charge in [0.25, 0.3) is 0 Å². The number of nitrogens with zero attached hydrogens (tertiary/aromatic N) is 3. The van der Waals surface area contributed by atoms with Gasteiger partial charge in [-0.1, -0.05) is 178 Å². The summed E-state index contributed by atoms with van der Waals surface area (Å²) in [5, 5.41) is 17.0. The van der Waals surface area contributed by atoms with Crippen LogP contribution >= 0.6 is 0 Å². The predicted octanol–water partition coefficient (Wildman–Crippen LogP) is 17.4. The molecule has 0 spiro atoms. The number of pyridine rings is 1. The van der Waals surface area contributed by atoms with Crippen LogP contribution in [-0.2, 0) is 16.2 Å². The van der Waals surface area contributed by atoms with Crippen molar-refractivity contribution in [1.29, 1.82) is 0 Å². The number of fused-ring (bicyclic) bond motifs is 6. The Hall–Kier alpha value is -7.76. The third-order valence-electron chi connectivity index (χ3n) is 13.8. The van der Waals surface area contributed by atoms with Crippen LogP contribution in [0.3, 0.4) is 0 Å². The third-order valence-corrected chi connectivity index (χ3v) is 13.8. The van der Waals surface area contributed by atoms with Crippen molar-refractivity contribution in [2.24, 2.45) is 0 Å². The Labute approximate surface area is 404 Å². The van der Waals surface area contributed by atoms with E-state index in [4.69, 9.17) is 14.4 Å². The fourth-order valence-electron chi connectivity index (χ4n) is 10.00. The number of furan rings is 1. The number of phenols is 1. The maximum atomic E-state index is 12.7. The fraction of sp³-hybridized carbons (Fsp3) is 0.188. The first-order valence-corrected chi connectivity index (χ1v) is 24.0. The number of hydrogen-bond acceptors (Lipinski definition) is 4. The molecule has 340 valence electrons. The molecule has 5 heteroatoms. The van der Waals surface area contributed by atoms with Crippen molar-refractivity contribution in [2.45, 2.75) is 78.6 Å². The van der Waals surface area contributed by atoms with Gasteiger partial charge in [-0.2, -0.15) is 0 Å². The molecule has 0 aliphatic carbocycles. The molecule has 0 bridgehead atoms. The molecule has 0 saturated heterocycles. The van der Waals surface area contributed by atoms with Crippen LogP contribution in [0, 0.1) is 0 Å². The van der Waals surface area contributed by atoms with Gasteiger partial charge in [-0.05, 0) is 115 Å². The van der Waals surface area contributed by atoms with E-state index in [1.54, 1.807) is 0 Å². The summed E-state index contributed by atoms with van der Waals surface area (Å²) < 4.78 is 9.18. The maximum Gasteiger partial charge on any atom is 0.149 e. The highest BCUT2D eigenvalue weighted by Gasteiger charge is 2.30. The van der Waals surface area contributed by atoms with Gasteiger partial charge in [-0.3, -0.25) is 9.55 Å². The van der Waals surface area contributed by atoms with Crippen LogP contribution in [0.25, 0.3) is 105 Å². The number of imidazole rings is 1. The maximum absolute atomic E-state index is 12.7. The minimum absolute atomic E-state index is 0.0929. The molecule has 1 N–H and O–H groups in total. The van der Waals surface area contributed by atoms with Crippen molar-refractivity contribution in [3.63, 3.8) is 0 Å². The van der Waals surface area contributed by atoms with E-state index in [0.29, 0.717) is 11.4 Å². The number of rotatable bonds is 6. The molecule has 69 heavy (non-hydrogen) atoms. The number of aromatic hydroxyl groups is 1. The molecule has 3 aromatic heterocycles. The first-order valence-electron chi connectivity index (χ1n) is 24.0. The van der Waals surface area contributed by atoms with Gasteiger partial charge in [0.05, 0.1) is 28.0 Å². The van der Waals surface area contributed by atoms with Gasteiger partial charge < -0.3 is 9.52 Å². The number of hydrogen-bond donors (Lipinski definition) is 1. The van der Waals surface area contributed by atoms with Crippen LogP contribution < -0.4 is 0 Å². The van der Waals surface area contributed by atoms with Crippen molar-refractivity contribution in [3.8, 4) is 67.5 Å². The van der Waals surface area contributed by atoms with E-state index in [1.807, 2.05) is 12.3 Å². The molecule has 0 amide bonds. The second-order valence-corrected chi connectivity index (χ2v) is 21.7. The van der Waals surface area contributed by atoms with Crippen molar-refractivity contribution < 1.29 is 9.52 Å². The average molecular weight is 900 g/mol. The zero-order valence-electron chi connectivity index (χ0n) is 40.9. The van der Waals surface area contributed by atoms with Crippen LogP contribution in [0.1, 0.15) is 79.0 Å². The van der Waals surface area contributed by atoms with Gasteiger partial charge in [0.2, 0.25) is 0 Å². The topological polar surface area (TPSA) is 64.1 Å². The van der Waals surface area contributed by atoms with Gasteiger partial charge in [-0.25, -0.2) is 4.98 Å². The summed E-state index contributed by atoms with van der Waals surface area (Å²) in [7, 11) is 0. The number of benzene rings is 8.